The highest BCUT2D eigenvalue weighted by Crippen LogP contribution is 2.59. The van der Waals surface area contributed by atoms with Crippen LogP contribution in [0.25, 0.3) is 10.2 Å². The number of carbonyl (C=O) groups is 1. The molecule has 3 nitrogen and oxygen atoms in total. The first-order valence-corrected chi connectivity index (χ1v) is 6.43. The summed E-state index contributed by atoms with van der Waals surface area (Å²) < 4.78 is 0.975. The van der Waals surface area contributed by atoms with Gasteiger partial charge in [0.05, 0.1) is 20.8 Å². The summed E-state index contributed by atoms with van der Waals surface area (Å²) >= 11 is 1.63. The van der Waals surface area contributed by atoms with Crippen LogP contribution in [0.15, 0.2) is 18.2 Å². The maximum Gasteiger partial charge on any atom is 0.335 e. The molecule has 88 valence electrons. The van der Waals surface area contributed by atoms with Crippen molar-refractivity contribution in [3.8, 4) is 0 Å². The molecule has 17 heavy (non-hydrogen) atoms. The zero-order valence-corrected chi connectivity index (χ0v) is 10.5. The van der Waals surface area contributed by atoms with Crippen molar-refractivity contribution in [3.05, 3.63) is 28.8 Å². The Labute approximate surface area is 103 Å². The zero-order chi connectivity index (χ0) is 12.2. The van der Waals surface area contributed by atoms with Gasteiger partial charge in [0.25, 0.3) is 0 Å². The number of nitrogens with zero attached hydrogens (tertiary/aromatic N) is 1. The maximum atomic E-state index is 10.9. The number of carboxylic acids is 1. The largest absolute Gasteiger partial charge is 0.478 e. The Morgan fingerprint density at radius 3 is 2.82 bits per heavy atom. The summed E-state index contributed by atoms with van der Waals surface area (Å²) in [6, 6.07) is 5.13. The monoisotopic (exact) mass is 247 g/mol. The summed E-state index contributed by atoms with van der Waals surface area (Å²) in [5.74, 6) is -0.332. The van der Waals surface area contributed by atoms with E-state index in [4.69, 9.17) is 5.11 Å². The fourth-order valence-electron chi connectivity index (χ4n) is 2.11. The van der Waals surface area contributed by atoms with Crippen LogP contribution in [0.3, 0.4) is 0 Å². The summed E-state index contributed by atoms with van der Waals surface area (Å²) in [5, 5.41) is 10.1. The third-order valence-corrected chi connectivity index (χ3v) is 4.60. The van der Waals surface area contributed by atoms with Gasteiger partial charge in [0.2, 0.25) is 0 Å². The van der Waals surface area contributed by atoms with E-state index in [0.717, 1.165) is 15.2 Å². The van der Waals surface area contributed by atoms with Crippen LogP contribution in [-0.2, 0) is 0 Å². The predicted octanol–water partition coefficient (Wildman–Crippen LogP) is 3.51. The fourth-order valence-corrected chi connectivity index (χ4v) is 3.43. The van der Waals surface area contributed by atoms with Gasteiger partial charge in [-0.1, -0.05) is 13.8 Å². The van der Waals surface area contributed by atoms with Crippen molar-refractivity contribution >= 4 is 27.5 Å². The average Bonchev–Trinajstić information content (AvgIpc) is 2.74. The molecule has 0 radical (unpaired) electrons. The number of aromatic carboxylic acids is 1. The van der Waals surface area contributed by atoms with Crippen LogP contribution in [0.5, 0.6) is 0 Å². The molecule has 1 aliphatic rings. The van der Waals surface area contributed by atoms with Gasteiger partial charge in [-0.15, -0.1) is 11.3 Å². The SMILES string of the molecule is CC1(C)CC1c1nc2ccc(C(=O)O)cc2s1. The Morgan fingerprint density at radius 2 is 2.24 bits per heavy atom. The van der Waals surface area contributed by atoms with Gasteiger partial charge in [0.1, 0.15) is 0 Å². The quantitative estimate of drug-likeness (QED) is 0.883. The normalized spacial score (nSPS) is 21.6. The van der Waals surface area contributed by atoms with Gasteiger partial charge < -0.3 is 5.11 Å². The molecule has 1 fully saturated rings. The minimum absolute atomic E-state index is 0.336. The second-order valence-corrected chi connectivity index (χ2v) is 6.35. The van der Waals surface area contributed by atoms with Gasteiger partial charge in [-0.3, -0.25) is 0 Å². The smallest absolute Gasteiger partial charge is 0.335 e. The summed E-state index contributed by atoms with van der Waals surface area (Å²) in [4.78, 5) is 15.5. The zero-order valence-electron chi connectivity index (χ0n) is 9.73. The Kier molecular flexibility index (Phi) is 2.08. The number of hydrogen-bond donors (Lipinski definition) is 1. The molecule has 0 saturated heterocycles. The average molecular weight is 247 g/mol. The lowest BCUT2D eigenvalue weighted by molar-refractivity contribution is 0.0697. The van der Waals surface area contributed by atoms with E-state index in [2.05, 4.69) is 18.8 Å². The van der Waals surface area contributed by atoms with E-state index in [-0.39, 0.29) is 0 Å². The molecule has 4 heteroatoms. The summed E-state index contributed by atoms with van der Waals surface area (Å²) in [7, 11) is 0. The van der Waals surface area contributed by atoms with E-state index >= 15 is 0 Å². The van der Waals surface area contributed by atoms with Crippen molar-refractivity contribution in [3.63, 3.8) is 0 Å². The molecule has 0 bridgehead atoms. The van der Waals surface area contributed by atoms with Crippen LogP contribution in [0.1, 0.15) is 41.6 Å². The summed E-state index contributed by atoms with van der Waals surface area (Å²) in [6.07, 6.45) is 1.18. The van der Waals surface area contributed by atoms with Crippen molar-refractivity contribution in [2.24, 2.45) is 5.41 Å². The van der Waals surface area contributed by atoms with Crippen LogP contribution in [0, 0.1) is 5.41 Å². The number of fused-ring (bicyclic) bond motifs is 1. The van der Waals surface area contributed by atoms with Crippen molar-refractivity contribution < 1.29 is 9.90 Å². The lowest BCUT2D eigenvalue weighted by Crippen LogP contribution is -1.94. The molecule has 1 aliphatic carbocycles. The number of hydrogen-bond acceptors (Lipinski definition) is 3. The number of thiazole rings is 1. The van der Waals surface area contributed by atoms with Crippen molar-refractivity contribution in [2.45, 2.75) is 26.2 Å². The van der Waals surface area contributed by atoms with E-state index in [1.807, 2.05) is 0 Å². The van der Waals surface area contributed by atoms with E-state index < -0.39 is 5.97 Å². The molecule has 1 N–H and O–H groups in total. The van der Waals surface area contributed by atoms with Crippen LogP contribution in [-0.4, -0.2) is 16.1 Å². The molecule has 3 rings (SSSR count). The number of aromatic nitrogens is 1. The fraction of sp³-hybridized carbons (Fsp3) is 0.385. The van der Waals surface area contributed by atoms with Crippen LogP contribution in [0.4, 0.5) is 0 Å². The van der Waals surface area contributed by atoms with E-state index in [9.17, 15) is 4.79 Å². The first-order chi connectivity index (χ1) is 7.97. The molecular formula is C13H13NO2S. The standard InChI is InChI=1S/C13H13NO2S/c1-13(2)6-8(13)11-14-9-4-3-7(12(15)16)5-10(9)17-11/h3-5,8H,6H2,1-2H3,(H,15,16). The lowest BCUT2D eigenvalue weighted by atomic mass is 10.1. The third-order valence-electron chi connectivity index (χ3n) is 3.46. The Balaban J connectivity index is 2.05. The third kappa shape index (κ3) is 1.72. The highest BCUT2D eigenvalue weighted by atomic mass is 32.1. The van der Waals surface area contributed by atoms with E-state index in [1.54, 1.807) is 29.5 Å². The molecule has 0 spiro atoms. The molecule has 1 aromatic heterocycles. The van der Waals surface area contributed by atoms with E-state index in [1.165, 1.54) is 6.42 Å². The molecule has 1 atom stereocenters. The first-order valence-electron chi connectivity index (χ1n) is 5.61. The molecule has 2 aromatic rings. The Bertz CT molecular complexity index is 615. The van der Waals surface area contributed by atoms with Crippen molar-refractivity contribution in [1.82, 2.24) is 4.98 Å². The van der Waals surface area contributed by atoms with Gasteiger partial charge in [0.15, 0.2) is 0 Å². The number of carboxylic acid groups (broad SMARTS) is 1. The van der Waals surface area contributed by atoms with Crippen LogP contribution in [0.2, 0.25) is 0 Å². The van der Waals surface area contributed by atoms with Gasteiger partial charge in [-0.2, -0.15) is 0 Å². The molecular weight excluding hydrogens is 234 g/mol. The molecule has 1 heterocycles. The van der Waals surface area contributed by atoms with Gasteiger partial charge in [0, 0.05) is 5.92 Å². The molecule has 1 aromatic carbocycles. The van der Waals surface area contributed by atoms with Crippen LogP contribution < -0.4 is 0 Å². The highest BCUT2D eigenvalue weighted by molar-refractivity contribution is 7.18. The molecule has 0 amide bonds. The topological polar surface area (TPSA) is 50.2 Å². The lowest BCUT2D eigenvalue weighted by Gasteiger charge is -1.97. The number of benzene rings is 1. The van der Waals surface area contributed by atoms with Crippen LogP contribution >= 0.6 is 11.3 Å². The summed E-state index contributed by atoms with van der Waals surface area (Å²) in [6.45, 7) is 4.48. The minimum Gasteiger partial charge on any atom is -0.478 e. The van der Waals surface area contributed by atoms with Crippen molar-refractivity contribution in [1.29, 1.82) is 0 Å². The van der Waals surface area contributed by atoms with Gasteiger partial charge >= 0.3 is 5.97 Å². The van der Waals surface area contributed by atoms with Gasteiger partial charge in [-0.05, 0) is 30.0 Å². The predicted molar refractivity (Wildman–Crippen MR) is 67.7 cm³/mol. The Hall–Kier alpha value is -1.42. The summed E-state index contributed by atoms with van der Waals surface area (Å²) in [5.41, 5.74) is 1.62. The second-order valence-electron chi connectivity index (χ2n) is 5.29. The maximum absolute atomic E-state index is 10.9. The Morgan fingerprint density at radius 1 is 1.53 bits per heavy atom. The van der Waals surface area contributed by atoms with Gasteiger partial charge in [-0.25, -0.2) is 9.78 Å². The van der Waals surface area contributed by atoms with Crippen molar-refractivity contribution in [2.75, 3.05) is 0 Å². The minimum atomic E-state index is -0.881. The number of rotatable bonds is 2. The van der Waals surface area contributed by atoms with E-state index in [0.29, 0.717) is 16.9 Å². The highest BCUT2D eigenvalue weighted by Gasteiger charge is 2.48. The molecule has 1 unspecified atom stereocenters. The molecule has 0 aliphatic heterocycles. The first kappa shape index (κ1) is 10.7. The second kappa shape index (κ2) is 3.29. The molecule has 1 saturated carbocycles.